The van der Waals surface area contributed by atoms with Crippen molar-refractivity contribution >= 4 is 17.7 Å². The maximum absolute atomic E-state index is 11.3. The van der Waals surface area contributed by atoms with Crippen LogP contribution in [-0.2, 0) is 4.79 Å². The van der Waals surface area contributed by atoms with Gasteiger partial charge in [-0.15, -0.1) is 11.8 Å². The second-order valence-electron chi connectivity index (χ2n) is 5.04. The first-order valence-corrected chi connectivity index (χ1v) is 7.56. The predicted molar refractivity (Wildman–Crippen MR) is 81.0 cm³/mol. The Bertz CT molecular complexity index is 448. The number of thioether (sulfide) groups is 1. The fraction of sp³-hybridized carbons (Fsp3) is 0.533. The van der Waals surface area contributed by atoms with Crippen LogP contribution in [0, 0.1) is 13.8 Å². The largest absolute Gasteiger partial charge is 0.480 e. The first-order valence-electron chi connectivity index (χ1n) is 6.57. The van der Waals surface area contributed by atoms with Crippen LogP contribution in [0.1, 0.15) is 31.4 Å². The zero-order valence-corrected chi connectivity index (χ0v) is 12.9. The Morgan fingerprint density at radius 2 is 2.11 bits per heavy atom. The summed E-state index contributed by atoms with van der Waals surface area (Å²) in [6.07, 6.45) is 0.605. The van der Waals surface area contributed by atoms with E-state index < -0.39 is 11.5 Å². The zero-order chi connectivity index (χ0) is 14.5. The molecule has 0 saturated carbocycles. The lowest BCUT2D eigenvalue weighted by Gasteiger charge is -2.25. The van der Waals surface area contributed by atoms with Crippen molar-refractivity contribution in [2.24, 2.45) is 0 Å². The minimum absolute atomic E-state index is 0.605. The molecule has 0 saturated heterocycles. The molecule has 1 aromatic rings. The molecule has 0 spiro atoms. The summed E-state index contributed by atoms with van der Waals surface area (Å²) in [7, 11) is 0. The third-order valence-electron chi connectivity index (χ3n) is 3.24. The lowest BCUT2D eigenvalue weighted by molar-refractivity contribution is -0.144. The summed E-state index contributed by atoms with van der Waals surface area (Å²) in [6, 6.07) is 6.36. The number of aryl methyl sites for hydroxylation is 2. The highest BCUT2D eigenvalue weighted by atomic mass is 32.2. The molecule has 4 heteroatoms. The van der Waals surface area contributed by atoms with Crippen molar-refractivity contribution in [3.8, 4) is 0 Å². The van der Waals surface area contributed by atoms with Crippen LogP contribution in [0.25, 0.3) is 0 Å². The van der Waals surface area contributed by atoms with Gasteiger partial charge in [-0.25, -0.2) is 0 Å². The Labute approximate surface area is 119 Å². The molecule has 0 heterocycles. The molecule has 2 N–H and O–H groups in total. The van der Waals surface area contributed by atoms with Crippen molar-refractivity contribution in [1.82, 2.24) is 5.32 Å². The number of nitrogens with one attached hydrogen (secondary N) is 1. The molecule has 0 aliphatic heterocycles. The fourth-order valence-electron chi connectivity index (χ4n) is 1.89. The van der Waals surface area contributed by atoms with Crippen LogP contribution in [0.2, 0.25) is 0 Å². The monoisotopic (exact) mass is 281 g/mol. The minimum atomic E-state index is -0.834. The van der Waals surface area contributed by atoms with Gasteiger partial charge in [0, 0.05) is 10.6 Å². The summed E-state index contributed by atoms with van der Waals surface area (Å²) in [5, 5.41) is 12.3. The number of aliphatic carboxylic acids is 1. The van der Waals surface area contributed by atoms with Crippen LogP contribution in [0.15, 0.2) is 23.1 Å². The van der Waals surface area contributed by atoms with Gasteiger partial charge in [0.1, 0.15) is 5.54 Å². The normalized spacial score (nSPS) is 14.1. The van der Waals surface area contributed by atoms with Crippen molar-refractivity contribution in [2.45, 2.75) is 44.6 Å². The van der Waals surface area contributed by atoms with E-state index >= 15 is 0 Å². The van der Waals surface area contributed by atoms with Crippen molar-refractivity contribution in [3.63, 3.8) is 0 Å². The van der Waals surface area contributed by atoms with Crippen LogP contribution in [0.3, 0.4) is 0 Å². The van der Waals surface area contributed by atoms with Crippen LogP contribution < -0.4 is 5.32 Å². The minimum Gasteiger partial charge on any atom is -0.480 e. The molecule has 0 amide bonds. The van der Waals surface area contributed by atoms with E-state index in [0.717, 1.165) is 5.75 Å². The molecule has 1 aromatic carbocycles. The number of likely N-dealkylation sites (N-methyl/N-ethyl adjacent to an activating group) is 1. The molecule has 0 bridgehead atoms. The van der Waals surface area contributed by atoms with Crippen LogP contribution in [-0.4, -0.2) is 28.9 Å². The van der Waals surface area contributed by atoms with E-state index in [0.29, 0.717) is 13.0 Å². The number of rotatable bonds is 7. The Morgan fingerprint density at radius 1 is 1.42 bits per heavy atom. The lowest BCUT2D eigenvalue weighted by Crippen LogP contribution is -2.49. The highest BCUT2D eigenvalue weighted by molar-refractivity contribution is 7.99. The summed E-state index contributed by atoms with van der Waals surface area (Å²) >= 11 is 1.73. The number of carboxylic acids is 1. The van der Waals surface area contributed by atoms with Crippen molar-refractivity contribution in [1.29, 1.82) is 0 Å². The molecule has 0 aliphatic rings. The summed E-state index contributed by atoms with van der Waals surface area (Å²) in [5.74, 6) is 0.0102. The van der Waals surface area contributed by atoms with E-state index in [2.05, 4.69) is 37.4 Å². The molecule has 3 nitrogen and oxygen atoms in total. The molecular weight excluding hydrogens is 258 g/mol. The van der Waals surface area contributed by atoms with E-state index in [4.69, 9.17) is 0 Å². The van der Waals surface area contributed by atoms with E-state index in [9.17, 15) is 9.90 Å². The van der Waals surface area contributed by atoms with Gasteiger partial charge in [0.2, 0.25) is 0 Å². The van der Waals surface area contributed by atoms with Gasteiger partial charge in [0.25, 0.3) is 0 Å². The predicted octanol–water partition coefficient (Wildman–Crippen LogP) is 3.24. The van der Waals surface area contributed by atoms with Crippen molar-refractivity contribution in [3.05, 3.63) is 29.3 Å². The summed E-state index contributed by atoms with van der Waals surface area (Å²) in [4.78, 5) is 12.5. The van der Waals surface area contributed by atoms with Crippen molar-refractivity contribution < 1.29 is 9.90 Å². The first-order chi connectivity index (χ1) is 8.89. The van der Waals surface area contributed by atoms with Crippen LogP contribution in [0.4, 0.5) is 0 Å². The molecule has 106 valence electrons. The summed E-state index contributed by atoms with van der Waals surface area (Å²) < 4.78 is 0. The zero-order valence-electron chi connectivity index (χ0n) is 12.1. The van der Waals surface area contributed by atoms with Gasteiger partial charge in [-0.2, -0.15) is 0 Å². The topological polar surface area (TPSA) is 49.3 Å². The standard InChI is InChI=1S/C15H23NO2S/c1-5-16-15(4,14(17)18)8-9-19-13-10-11(2)6-7-12(13)3/h6-7,10,16H,5,8-9H2,1-4H3,(H,17,18). The van der Waals surface area contributed by atoms with Gasteiger partial charge in [-0.05, 0) is 45.4 Å². The maximum atomic E-state index is 11.3. The molecule has 1 atom stereocenters. The Balaban J connectivity index is 2.62. The van der Waals surface area contributed by atoms with Crippen LogP contribution >= 0.6 is 11.8 Å². The Hall–Kier alpha value is -1.00. The smallest absolute Gasteiger partial charge is 0.323 e. The first kappa shape index (κ1) is 16.1. The Kier molecular flexibility index (Phi) is 5.88. The van der Waals surface area contributed by atoms with Crippen molar-refractivity contribution in [2.75, 3.05) is 12.3 Å². The lowest BCUT2D eigenvalue weighted by atomic mass is 9.99. The van der Waals surface area contributed by atoms with E-state index in [1.807, 2.05) is 6.92 Å². The summed E-state index contributed by atoms with van der Waals surface area (Å²) in [5.41, 5.74) is 1.65. The molecule has 1 unspecified atom stereocenters. The van der Waals surface area contributed by atoms with Gasteiger partial charge >= 0.3 is 5.97 Å². The number of hydrogen-bond donors (Lipinski definition) is 2. The van der Waals surface area contributed by atoms with E-state index in [1.165, 1.54) is 16.0 Å². The van der Waals surface area contributed by atoms with Gasteiger partial charge in [-0.3, -0.25) is 4.79 Å². The molecule has 0 aromatic heterocycles. The Morgan fingerprint density at radius 3 is 2.68 bits per heavy atom. The second-order valence-corrected chi connectivity index (χ2v) is 6.17. The third-order valence-corrected chi connectivity index (χ3v) is 4.40. The third kappa shape index (κ3) is 4.55. The van der Waals surface area contributed by atoms with E-state index in [1.54, 1.807) is 18.7 Å². The van der Waals surface area contributed by atoms with Gasteiger partial charge < -0.3 is 10.4 Å². The summed E-state index contributed by atoms with van der Waals surface area (Å²) in [6.45, 7) is 8.50. The molecule has 0 fully saturated rings. The van der Waals surface area contributed by atoms with E-state index in [-0.39, 0.29) is 0 Å². The molecule has 1 rings (SSSR count). The molecule has 19 heavy (non-hydrogen) atoms. The fourth-order valence-corrected chi connectivity index (χ4v) is 3.18. The average molecular weight is 281 g/mol. The number of carboxylic acid groups (broad SMARTS) is 1. The maximum Gasteiger partial charge on any atom is 0.323 e. The highest BCUT2D eigenvalue weighted by Crippen LogP contribution is 2.26. The number of hydrogen-bond acceptors (Lipinski definition) is 3. The average Bonchev–Trinajstić information content (AvgIpc) is 2.33. The quantitative estimate of drug-likeness (QED) is 0.753. The van der Waals surface area contributed by atoms with Gasteiger partial charge in [0.05, 0.1) is 0 Å². The second kappa shape index (κ2) is 6.96. The molecule has 0 aliphatic carbocycles. The van der Waals surface area contributed by atoms with Gasteiger partial charge in [0.15, 0.2) is 0 Å². The van der Waals surface area contributed by atoms with Gasteiger partial charge in [-0.1, -0.05) is 24.6 Å². The highest BCUT2D eigenvalue weighted by Gasteiger charge is 2.31. The number of benzene rings is 1. The molecule has 0 radical (unpaired) electrons. The molecular formula is C15H23NO2S. The SMILES string of the molecule is CCNC(C)(CCSc1cc(C)ccc1C)C(=O)O. The number of carbonyl (C=O) groups is 1. The van der Waals surface area contributed by atoms with Crippen LogP contribution in [0.5, 0.6) is 0 Å².